The summed E-state index contributed by atoms with van der Waals surface area (Å²) in [6, 6.07) is 6.86. The summed E-state index contributed by atoms with van der Waals surface area (Å²) >= 11 is 0. The third kappa shape index (κ3) is 2.70. The van der Waals surface area contributed by atoms with E-state index in [2.05, 4.69) is 9.88 Å². The molecule has 0 aliphatic carbocycles. The Labute approximate surface area is 116 Å². The summed E-state index contributed by atoms with van der Waals surface area (Å²) in [6.45, 7) is 3.61. The summed E-state index contributed by atoms with van der Waals surface area (Å²) in [6.07, 6.45) is 2.22. The highest BCUT2D eigenvalue weighted by atomic mass is 16.6. The molecule has 0 fully saturated rings. The first-order valence-electron chi connectivity index (χ1n) is 6.57. The number of anilines is 1. The first-order valence-corrected chi connectivity index (χ1v) is 6.57. The summed E-state index contributed by atoms with van der Waals surface area (Å²) in [5.41, 5.74) is 1.33. The average molecular weight is 275 g/mol. The van der Waals surface area contributed by atoms with Crippen LogP contribution in [0.15, 0.2) is 30.5 Å². The number of pyridine rings is 1. The van der Waals surface area contributed by atoms with Gasteiger partial charge in [-0.15, -0.1) is 0 Å². The summed E-state index contributed by atoms with van der Waals surface area (Å²) < 4.78 is 0. The minimum absolute atomic E-state index is 0.0163. The Hall–Kier alpha value is -2.21. The Morgan fingerprint density at radius 2 is 2.20 bits per heavy atom. The summed E-state index contributed by atoms with van der Waals surface area (Å²) in [4.78, 5) is 16.9. The number of nitro benzene ring substituents is 1. The maximum Gasteiger partial charge on any atom is 0.295 e. The highest BCUT2D eigenvalue weighted by Gasteiger charge is 2.17. The lowest BCUT2D eigenvalue weighted by atomic mass is 10.1. The third-order valence-corrected chi connectivity index (χ3v) is 3.23. The van der Waals surface area contributed by atoms with Crippen LogP contribution in [0.1, 0.15) is 13.3 Å². The number of non-ortho nitro benzene ring substituents is 1. The van der Waals surface area contributed by atoms with E-state index in [1.54, 1.807) is 18.3 Å². The molecule has 1 N–H and O–H groups in total. The van der Waals surface area contributed by atoms with Gasteiger partial charge in [0.1, 0.15) is 5.52 Å². The van der Waals surface area contributed by atoms with Gasteiger partial charge in [0, 0.05) is 43.0 Å². The number of nitro groups is 1. The maximum atomic E-state index is 11.1. The van der Waals surface area contributed by atoms with Gasteiger partial charge < -0.3 is 10.0 Å². The van der Waals surface area contributed by atoms with Crippen molar-refractivity contribution >= 4 is 22.3 Å². The van der Waals surface area contributed by atoms with Gasteiger partial charge in [0.05, 0.1) is 4.92 Å². The normalized spacial score (nSPS) is 10.7. The molecule has 0 atom stereocenters. The zero-order valence-corrected chi connectivity index (χ0v) is 11.3. The van der Waals surface area contributed by atoms with Crippen LogP contribution < -0.4 is 4.90 Å². The fourth-order valence-corrected chi connectivity index (χ4v) is 2.28. The van der Waals surface area contributed by atoms with Gasteiger partial charge in [-0.1, -0.05) is 0 Å². The molecule has 0 saturated heterocycles. The van der Waals surface area contributed by atoms with Crippen LogP contribution >= 0.6 is 0 Å². The Morgan fingerprint density at radius 3 is 2.85 bits per heavy atom. The van der Waals surface area contributed by atoms with E-state index in [1.807, 2.05) is 13.0 Å². The highest BCUT2D eigenvalue weighted by Crippen LogP contribution is 2.31. The SMILES string of the molecule is CCN(CCCO)c1ccc([N+](=O)[O-])c2ncccc12. The fourth-order valence-electron chi connectivity index (χ4n) is 2.28. The van der Waals surface area contributed by atoms with Crippen LogP contribution in [0.5, 0.6) is 0 Å². The number of rotatable bonds is 6. The second-order valence-electron chi connectivity index (χ2n) is 4.42. The van der Waals surface area contributed by atoms with E-state index >= 15 is 0 Å². The zero-order chi connectivity index (χ0) is 14.5. The van der Waals surface area contributed by atoms with Crippen LogP contribution in [-0.4, -0.2) is 34.7 Å². The molecule has 1 heterocycles. The Morgan fingerprint density at radius 1 is 1.40 bits per heavy atom. The molecule has 1 aromatic heterocycles. The number of aliphatic hydroxyl groups is 1. The van der Waals surface area contributed by atoms with Gasteiger partial charge in [-0.2, -0.15) is 0 Å². The largest absolute Gasteiger partial charge is 0.396 e. The Bertz CT molecular complexity index is 616. The molecule has 0 amide bonds. The molecule has 0 saturated carbocycles. The molecule has 2 aromatic rings. The molecule has 0 spiro atoms. The number of hydrogen-bond acceptors (Lipinski definition) is 5. The van der Waals surface area contributed by atoms with Crippen molar-refractivity contribution < 1.29 is 10.0 Å². The van der Waals surface area contributed by atoms with E-state index in [9.17, 15) is 10.1 Å². The van der Waals surface area contributed by atoms with Crippen LogP contribution in [0, 0.1) is 10.1 Å². The molecule has 0 aliphatic heterocycles. The number of hydrogen-bond donors (Lipinski definition) is 1. The molecule has 2 rings (SSSR count). The molecular weight excluding hydrogens is 258 g/mol. The Balaban J connectivity index is 2.54. The van der Waals surface area contributed by atoms with Crippen LogP contribution in [0.3, 0.4) is 0 Å². The first-order chi connectivity index (χ1) is 9.69. The van der Waals surface area contributed by atoms with Gasteiger partial charge in [0.2, 0.25) is 0 Å². The van der Waals surface area contributed by atoms with E-state index in [0.29, 0.717) is 18.5 Å². The van der Waals surface area contributed by atoms with Crippen LogP contribution in [0.2, 0.25) is 0 Å². The third-order valence-electron chi connectivity index (χ3n) is 3.23. The number of aromatic nitrogens is 1. The lowest BCUT2D eigenvalue weighted by Gasteiger charge is -2.24. The van der Waals surface area contributed by atoms with E-state index < -0.39 is 4.92 Å². The second-order valence-corrected chi connectivity index (χ2v) is 4.42. The molecule has 6 heteroatoms. The summed E-state index contributed by atoms with van der Waals surface area (Å²) in [5, 5.41) is 20.8. The number of fused-ring (bicyclic) bond motifs is 1. The van der Waals surface area contributed by atoms with Crippen LogP contribution in [0.4, 0.5) is 11.4 Å². The molecule has 0 aliphatic rings. The van der Waals surface area contributed by atoms with Crippen LogP contribution in [-0.2, 0) is 0 Å². The topological polar surface area (TPSA) is 79.5 Å². The smallest absolute Gasteiger partial charge is 0.295 e. The molecule has 1 aromatic carbocycles. The van der Waals surface area contributed by atoms with Crippen molar-refractivity contribution in [1.82, 2.24) is 4.98 Å². The predicted molar refractivity (Wildman–Crippen MR) is 78.0 cm³/mol. The first kappa shape index (κ1) is 14.2. The quantitative estimate of drug-likeness (QED) is 0.646. The molecule has 0 unspecified atom stereocenters. The zero-order valence-electron chi connectivity index (χ0n) is 11.3. The van der Waals surface area contributed by atoms with E-state index in [1.165, 1.54) is 6.07 Å². The number of benzene rings is 1. The molecule has 20 heavy (non-hydrogen) atoms. The van der Waals surface area contributed by atoms with E-state index in [-0.39, 0.29) is 12.3 Å². The lowest BCUT2D eigenvalue weighted by molar-refractivity contribution is -0.383. The summed E-state index contributed by atoms with van der Waals surface area (Å²) in [5.74, 6) is 0. The highest BCUT2D eigenvalue weighted by molar-refractivity contribution is 5.97. The minimum Gasteiger partial charge on any atom is -0.396 e. The van der Waals surface area contributed by atoms with Crippen molar-refractivity contribution in [2.75, 3.05) is 24.6 Å². The minimum atomic E-state index is -0.414. The number of aliphatic hydroxyl groups excluding tert-OH is 1. The van der Waals surface area contributed by atoms with E-state index in [0.717, 1.165) is 17.6 Å². The monoisotopic (exact) mass is 275 g/mol. The van der Waals surface area contributed by atoms with E-state index in [4.69, 9.17) is 5.11 Å². The maximum absolute atomic E-state index is 11.1. The molecular formula is C14H17N3O3. The molecule has 106 valence electrons. The van der Waals surface area contributed by atoms with Crippen molar-refractivity contribution in [3.63, 3.8) is 0 Å². The van der Waals surface area contributed by atoms with Crippen molar-refractivity contribution in [2.45, 2.75) is 13.3 Å². The van der Waals surface area contributed by atoms with Gasteiger partial charge in [-0.3, -0.25) is 10.1 Å². The number of nitrogens with zero attached hydrogens (tertiary/aromatic N) is 3. The standard InChI is InChI=1S/C14H17N3O3/c1-2-16(9-4-10-18)12-6-7-13(17(19)20)14-11(12)5-3-8-15-14/h3,5-8,18H,2,4,9-10H2,1H3. The van der Waals surface area contributed by atoms with Gasteiger partial charge in [-0.05, 0) is 31.5 Å². The van der Waals surface area contributed by atoms with Gasteiger partial charge >= 0.3 is 0 Å². The Kier molecular flexibility index (Phi) is 4.47. The average Bonchev–Trinajstić information content (AvgIpc) is 2.47. The molecule has 6 nitrogen and oxygen atoms in total. The van der Waals surface area contributed by atoms with Crippen LogP contribution in [0.25, 0.3) is 10.9 Å². The summed E-state index contributed by atoms with van der Waals surface area (Å²) in [7, 11) is 0. The van der Waals surface area contributed by atoms with Crippen molar-refractivity contribution in [2.24, 2.45) is 0 Å². The lowest BCUT2D eigenvalue weighted by Crippen LogP contribution is -2.24. The fraction of sp³-hybridized carbons (Fsp3) is 0.357. The second kappa shape index (κ2) is 6.29. The van der Waals surface area contributed by atoms with Gasteiger partial charge in [-0.25, -0.2) is 4.98 Å². The van der Waals surface area contributed by atoms with Gasteiger partial charge in [0.25, 0.3) is 5.69 Å². The van der Waals surface area contributed by atoms with Gasteiger partial charge in [0.15, 0.2) is 0 Å². The molecule has 0 radical (unpaired) electrons. The van der Waals surface area contributed by atoms with Crippen molar-refractivity contribution in [1.29, 1.82) is 0 Å². The van der Waals surface area contributed by atoms with Crippen molar-refractivity contribution in [3.05, 3.63) is 40.6 Å². The van der Waals surface area contributed by atoms with Crippen molar-refractivity contribution in [3.8, 4) is 0 Å². The molecule has 0 bridgehead atoms. The predicted octanol–water partition coefficient (Wildman–Crippen LogP) is 2.35.